The highest BCUT2D eigenvalue weighted by molar-refractivity contribution is 8.13. The Hall–Kier alpha value is -2.07. The highest BCUT2D eigenvalue weighted by Crippen LogP contribution is 2.15. The van der Waals surface area contributed by atoms with Gasteiger partial charge in [-0.1, -0.05) is 11.8 Å². The minimum absolute atomic E-state index is 0.213. The van der Waals surface area contributed by atoms with Crippen molar-refractivity contribution in [2.45, 2.75) is 19.6 Å². The Bertz CT molecular complexity index is 528. The third-order valence-electron chi connectivity index (χ3n) is 1.66. The minimum Gasteiger partial charge on any atom is -0.450 e. The van der Waals surface area contributed by atoms with Crippen molar-refractivity contribution >= 4 is 28.7 Å². The van der Waals surface area contributed by atoms with Gasteiger partial charge in [0.05, 0.1) is 5.75 Å². The molecule has 0 aliphatic heterocycles. The number of amides is 2. The molecular formula is C11H11N3O3S. The zero-order valence-corrected chi connectivity index (χ0v) is 10.7. The molecule has 0 spiro atoms. The molecule has 0 bridgehead atoms. The van der Waals surface area contributed by atoms with Crippen LogP contribution in [-0.4, -0.2) is 17.0 Å². The summed E-state index contributed by atoms with van der Waals surface area (Å²) in [6.45, 7) is 2.62. The Kier molecular flexibility index (Phi) is 5.14. The maximum Gasteiger partial charge on any atom is 0.244 e. The fourth-order valence-corrected chi connectivity index (χ4v) is 1.89. The summed E-state index contributed by atoms with van der Waals surface area (Å²) in [5, 5.41) is 11.3. The zero-order chi connectivity index (χ0) is 13.5. The number of furan rings is 1. The third kappa shape index (κ3) is 4.84. The maximum atomic E-state index is 10.9. The van der Waals surface area contributed by atoms with Crippen LogP contribution in [0, 0.1) is 11.3 Å². The first-order chi connectivity index (χ1) is 8.51. The van der Waals surface area contributed by atoms with Gasteiger partial charge in [0.25, 0.3) is 0 Å². The molecule has 0 saturated heterocycles. The van der Waals surface area contributed by atoms with Gasteiger partial charge in [0.1, 0.15) is 11.8 Å². The van der Waals surface area contributed by atoms with Crippen LogP contribution in [0.4, 0.5) is 0 Å². The van der Waals surface area contributed by atoms with E-state index in [1.807, 2.05) is 6.07 Å². The fourth-order valence-electron chi connectivity index (χ4n) is 1.04. The number of hydrogen-bond donors (Lipinski definition) is 1. The first kappa shape index (κ1) is 14.0. The Morgan fingerprint density at radius 2 is 2.22 bits per heavy atom. The van der Waals surface area contributed by atoms with Crippen LogP contribution in [0.3, 0.4) is 0 Å². The fraction of sp³-hybridized carbons (Fsp3) is 0.273. The molecule has 7 heteroatoms. The van der Waals surface area contributed by atoms with E-state index in [-0.39, 0.29) is 16.8 Å². The summed E-state index contributed by atoms with van der Waals surface area (Å²) in [4.78, 5) is 25.5. The molecular weight excluding hydrogens is 254 g/mol. The van der Waals surface area contributed by atoms with Crippen LogP contribution in [0.25, 0.3) is 0 Å². The number of carbonyl (C=O) groups excluding carboxylic acids is 2. The van der Waals surface area contributed by atoms with Crippen LogP contribution in [0.2, 0.25) is 0 Å². The minimum atomic E-state index is -0.400. The van der Waals surface area contributed by atoms with Gasteiger partial charge in [-0.25, -0.2) is 0 Å². The normalized spacial score (nSPS) is 10.8. The topological polar surface area (TPSA) is 95.5 Å². The van der Waals surface area contributed by atoms with Gasteiger partial charge in [0.15, 0.2) is 5.17 Å². The number of nitrogens with one attached hydrogen (secondary N) is 1. The molecule has 2 amide bonds. The first-order valence-electron chi connectivity index (χ1n) is 4.99. The molecule has 18 heavy (non-hydrogen) atoms. The van der Waals surface area contributed by atoms with Crippen LogP contribution in [0.15, 0.2) is 21.5 Å². The molecule has 0 unspecified atom stereocenters. The smallest absolute Gasteiger partial charge is 0.244 e. The molecule has 0 radical (unpaired) electrons. The van der Waals surface area contributed by atoms with E-state index in [0.29, 0.717) is 11.5 Å². The molecule has 0 aliphatic carbocycles. The molecule has 0 aliphatic rings. The first-order valence-corrected chi connectivity index (χ1v) is 5.98. The highest BCUT2D eigenvalue weighted by atomic mass is 32.2. The van der Waals surface area contributed by atoms with E-state index in [9.17, 15) is 9.59 Å². The molecule has 0 aromatic carbocycles. The van der Waals surface area contributed by atoms with E-state index in [2.05, 4.69) is 10.3 Å². The number of nitrogens with zero attached hydrogens (tertiary/aromatic N) is 2. The molecule has 0 atom stereocenters. The number of carbonyl (C=O) groups is 2. The molecule has 1 aromatic rings. The van der Waals surface area contributed by atoms with Crippen LogP contribution in [-0.2, 0) is 15.3 Å². The van der Waals surface area contributed by atoms with E-state index in [4.69, 9.17) is 9.68 Å². The number of thioether (sulfide) groups is 1. The van der Waals surface area contributed by atoms with E-state index in [0.717, 1.165) is 11.8 Å². The summed E-state index contributed by atoms with van der Waals surface area (Å²) in [7, 11) is 0. The van der Waals surface area contributed by atoms with E-state index in [1.54, 1.807) is 12.1 Å². The van der Waals surface area contributed by atoms with Crippen molar-refractivity contribution in [2.75, 3.05) is 0 Å². The van der Waals surface area contributed by atoms with Crippen molar-refractivity contribution in [2.24, 2.45) is 4.99 Å². The average Bonchev–Trinajstić information content (AvgIpc) is 2.72. The third-order valence-corrected chi connectivity index (χ3v) is 2.56. The Morgan fingerprint density at radius 1 is 1.50 bits per heavy atom. The van der Waals surface area contributed by atoms with Crippen molar-refractivity contribution in [3.63, 3.8) is 0 Å². The SMILES string of the molecule is CC(=O)N=C(NC(C)=O)SCc1ccc(C#N)o1. The van der Waals surface area contributed by atoms with Gasteiger partial charge in [-0.05, 0) is 12.1 Å². The molecule has 1 rings (SSSR count). The molecule has 1 N–H and O–H groups in total. The number of aliphatic imine (C=N–C) groups is 1. The Balaban J connectivity index is 2.65. The second kappa shape index (κ2) is 6.61. The summed E-state index contributed by atoms with van der Waals surface area (Å²) < 4.78 is 5.16. The van der Waals surface area contributed by atoms with E-state index < -0.39 is 5.91 Å². The lowest BCUT2D eigenvalue weighted by Gasteiger charge is -2.03. The van der Waals surface area contributed by atoms with Gasteiger partial charge in [0, 0.05) is 13.8 Å². The number of amidine groups is 1. The maximum absolute atomic E-state index is 10.9. The lowest BCUT2D eigenvalue weighted by Crippen LogP contribution is -2.26. The Morgan fingerprint density at radius 3 is 2.72 bits per heavy atom. The second-order valence-electron chi connectivity index (χ2n) is 3.28. The molecule has 6 nitrogen and oxygen atoms in total. The lowest BCUT2D eigenvalue weighted by atomic mass is 10.4. The van der Waals surface area contributed by atoms with Gasteiger partial charge < -0.3 is 9.73 Å². The Labute approximate surface area is 108 Å². The summed E-state index contributed by atoms with van der Waals surface area (Å²) in [5.74, 6) is 0.449. The van der Waals surface area contributed by atoms with Crippen LogP contribution in [0.1, 0.15) is 25.4 Å². The summed E-state index contributed by atoms with van der Waals surface area (Å²) in [5.41, 5.74) is 0. The highest BCUT2D eigenvalue weighted by Gasteiger charge is 2.07. The van der Waals surface area contributed by atoms with E-state index in [1.165, 1.54) is 13.8 Å². The van der Waals surface area contributed by atoms with Crippen molar-refractivity contribution in [1.29, 1.82) is 5.26 Å². The van der Waals surface area contributed by atoms with Crippen molar-refractivity contribution in [3.05, 3.63) is 23.7 Å². The molecule has 0 saturated carbocycles. The largest absolute Gasteiger partial charge is 0.450 e. The average molecular weight is 265 g/mol. The molecule has 94 valence electrons. The standard InChI is InChI=1S/C11H11N3O3S/c1-7(15)13-11(14-8(2)16)18-6-10-4-3-9(5-12)17-10/h3-4H,6H2,1-2H3,(H,13,14,15,16). The van der Waals surface area contributed by atoms with Gasteiger partial charge in [0.2, 0.25) is 17.6 Å². The number of nitriles is 1. The summed E-state index contributed by atoms with van der Waals surface area (Å²) in [6, 6.07) is 5.08. The number of hydrogen-bond acceptors (Lipinski definition) is 5. The number of rotatable bonds is 2. The van der Waals surface area contributed by atoms with Gasteiger partial charge >= 0.3 is 0 Å². The van der Waals surface area contributed by atoms with Crippen LogP contribution in [0.5, 0.6) is 0 Å². The van der Waals surface area contributed by atoms with Crippen molar-refractivity contribution < 1.29 is 14.0 Å². The molecule has 0 fully saturated rings. The van der Waals surface area contributed by atoms with Crippen LogP contribution < -0.4 is 5.32 Å². The van der Waals surface area contributed by atoms with Gasteiger partial charge in [-0.3, -0.25) is 9.59 Å². The quantitative estimate of drug-likeness (QED) is 0.644. The monoisotopic (exact) mass is 265 g/mol. The van der Waals surface area contributed by atoms with Crippen molar-refractivity contribution in [3.8, 4) is 6.07 Å². The lowest BCUT2D eigenvalue weighted by molar-refractivity contribution is -0.117. The zero-order valence-electron chi connectivity index (χ0n) is 9.89. The van der Waals surface area contributed by atoms with E-state index >= 15 is 0 Å². The van der Waals surface area contributed by atoms with Crippen molar-refractivity contribution in [1.82, 2.24) is 5.32 Å². The summed E-state index contributed by atoms with van der Waals surface area (Å²) in [6.07, 6.45) is 0. The van der Waals surface area contributed by atoms with Crippen LogP contribution >= 0.6 is 11.8 Å². The second-order valence-corrected chi connectivity index (χ2v) is 4.25. The molecule has 1 heterocycles. The van der Waals surface area contributed by atoms with Gasteiger partial charge in [-0.2, -0.15) is 10.3 Å². The predicted octanol–water partition coefficient (Wildman–Crippen LogP) is 1.42. The predicted molar refractivity (Wildman–Crippen MR) is 66.7 cm³/mol. The summed E-state index contributed by atoms with van der Waals surface area (Å²) >= 11 is 1.15. The molecule has 1 aromatic heterocycles. The van der Waals surface area contributed by atoms with Gasteiger partial charge in [-0.15, -0.1) is 0 Å².